The van der Waals surface area contributed by atoms with E-state index in [2.05, 4.69) is 19.2 Å². The van der Waals surface area contributed by atoms with Gasteiger partial charge in [-0.1, -0.05) is 61.7 Å². The van der Waals surface area contributed by atoms with Crippen molar-refractivity contribution in [1.29, 1.82) is 0 Å². The quantitative estimate of drug-likeness (QED) is 0.232. The van der Waals surface area contributed by atoms with Crippen molar-refractivity contribution < 1.29 is 28.7 Å². The fourth-order valence-electron chi connectivity index (χ4n) is 4.83. The van der Waals surface area contributed by atoms with Crippen molar-refractivity contribution in [2.45, 2.75) is 12.8 Å². The number of carbonyl (C=O) groups excluding carboxylic acids is 4. The Hall–Kier alpha value is -5.50. The summed E-state index contributed by atoms with van der Waals surface area (Å²) in [5.74, 6) is -0.802. The summed E-state index contributed by atoms with van der Waals surface area (Å²) >= 11 is 0. The van der Waals surface area contributed by atoms with Gasteiger partial charge in [0.1, 0.15) is 24.7 Å². The van der Waals surface area contributed by atoms with E-state index >= 15 is 0 Å². The second-order valence-electron chi connectivity index (χ2n) is 9.67. The van der Waals surface area contributed by atoms with Gasteiger partial charge in [-0.05, 0) is 59.4 Å². The maximum atomic E-state index is 12.3. The van der Waals surface area contributed by atoms with Crippen molar-refractivity contribution in [2.24, 2.45) is 0 Å². The highest BCUT2D eigenvalue weighted by molar-refractivity contribution is 6.29. The lowest BCUT2D eigenvalue weighted by Gasteiger charge is -2.19. The molecule has 42 heavy (non-hydrogen) atoms. The first kappa shape index (κ1) is 28.0. The van der Waals surface area contributed by atoms with Crippen LogP contribution in [0.2, 0.25) is 0 Å². The van der Waals surface area contributed by atoms with Crippen LogP contribution in [0.25, 0.3) is 0 Å². The molecule has 2 aliphatic rings. The summed E-state index contributed by atoms with van der Waals surface area (Å²) in [6.45, 7) is 7.82. The molecule has 0 saturated heterocycles. The number of hydrogen-bond donors (Lipinski definition) is 0. The number of ether oxygens (including phenoxy) is 2. The van der Waals surface area contributed by atoms with Crippen molar-refractivity contribution in [1.82, 2.24) is 0 Å². The zero-order valence-electron chi connectivity index (χ0n) is 22.8. The first-order valence-electron chi connectivity index (χ1n) is 13.3. The Morgan fingerprint density at radius 2 is 0.929 bits per heavy atom. The monoisotopic (exact) mass is 560 g/mol. The lowest BCUT2D eigenvalue weighted by atomic mass is 9.98. The first-order chi connectivity index (χ1) is 20.4. The van der Waals surface area contributed by atoms with Gasteiger partial charge in [0.25, 0.3) is 23.6 Å². The van der Waals surface area contributed by atoms with Crippen molar-refractivity contribution in [2.75, 3.05) is 23.0 Å². The van der Waals surface area contributed by atoms with Crippen LogP contribution in [0.1, 0.15) is 22.3 Å². The fourth-order valence-corrected chi connectivity index (χ4v) is 4.83. The summed E-state index contributed by atoms with van der Waals surface area (Å²) in [7, 11) is 0. The van der Waals surface area contributed by atoms with Crippen molar-refractivity contribution in [3.8, 4) is 11.5 Å². The van der Waals surface area contributed by atoms with Gasteiger partial charge in [-0.3, -0.25) is 19.2 Å². The van der Waals surface area contributed by atoms with E-state index < -0.39 is 23.6 Å². The van der Waals surface area contributed by atoms with E-state index in [0.29, 0.717) is 35.7 Å². The molecule has 3 aromatic carbocycles. The maximum Gasteiger partial charge on any atom is 0.258 e. The topological polar surface area (TPSA) is 93.2 Å². The van der Waals surface area contributed by atoms with E-state index in [-0.39, 0.29) is 13.2 Å². The minimum atomic E-state index is -0.412. The third kappa shape index (κ3) is 5.97. The van der Waals surface area contributed by atoms with Crippen molar-refractivity contribution in [3.05, 3.63) is 133 Å². The van der Waals surface area contributed by atoms with Gasteiger partial charge in [0.05, 0.1) is 11.4 Å². The molecule has 8 heteroatoms. The molecule has 0 aromatic heterocycles. The molecule has 0 aliphatic carbocycles. The molecule has 210 valence electrons. The SMILES string of the molecule is C=CCOc1cc(Cc2cccc(Cc3ccc(N4C(=O)C=CC4=O)c(OCC=C)c3)c2)ccc1N1C(=O)C=CC1=O. The van der Waals surface area contributed by atoms with Gasteiger partial charge < -0.3 is 9.47 Å². The molecule has 0 spiro atoms. The molecule has 0 atom stereocenters. The molecule has 3 aromatic rings. The van der Waals surface area contributed by atoms with E-state index in [0.717, 1.165) is 32.1 Å². The van der Waals surface area contributed by atoms with E-state index in [1.807, 2.05) is 42.5 Å². The Kier molecular flexibility index (Phi) is 8.24. The van der Waals surface area contributed by atoms with Gasteiger partial charge in [0.2, 0.25) is 0 Å². The molecule has 0 bridgehead atoms. The van der Waals surface area contributed by atoms with Crippen LogP contribution < -0.4 is 19.3 Å². The highest BCUT2D eigenvalue weighted by atomic mass is 16.5. The Morgan fingerprint density at radius 1 is 0.548 bits per heavy atom. The van der Waals surface area contributed by atoms with Gasteiger partial charge in [0, 0.05) is 24.3 Å². The standard InChI is InChI=1S/C34H28N2O6/c1-3-16-41-29-21-25(8-10-27(29)35-31(37)12-13-32(35)38)19-23-6-5-7-24(18-23)20-26-9-11-28(30(22-26)42-17-4-2)36-33(39)14-15-34(36)40/h3-15,18,21-22H,1-2,16-17,19-20H2. The molecule has 2 aliphatic heterocycles. The molecule has 8 nitrogen and oxygen atoms in total. The van der Waals surface area contributed by atoms with Gasteiger partial charge >= 0.3 is 0 Å². The lowest BCUT2D eigenvalue weighted by Crippen LogP contribution is -2.30. The molecular weight excluding hydrogens is 532 g/mol. The van der Waals surface area contributed by atoms with E-state index in [1.165, 1.54) is 24.3 Å². The summed E-state index contributed by atoms with van der Waals surface area (Å²) in [5, 5.41) is 0. The summed E-state index contributed by atoms with van der Waals surface area (Å²) < 4.78 is 11.6. The van der Waals surface area contributed by atoms with Gasteiger partial charge in [-0.2, -0.15) is 0 Å². The number of hydrogen-bond acceptors (Lipinski definition) is 6. The molecule has 0 radical (unpaired) electrons. The minimum absolute atomic E-state index is 0.226. The van der Waals surface area contributed by atoms with Crippen molar-refractivity contribution in [3.63, 3.8) is 0 Å². The smallest absolute Gasteiger partial charge is 0.258 e. The molecule has 0 saturated carbocycles. The summed E-state index contributed by atoms with van der Waals surface area (Å²) in [5.41, 5.74) is 4.79. The van der Waals surface area contributed by atoms with E-state index in [4.69, 9.17) is 9.47 Å². The zero-order valence-corrected chi connectivity index (χ0v) is 22.8. The van der Waals surface area contributed by atoms with Gasteiger partial charge in [-0.15, -0.1) is 0 Å². The molecule has 0 unspecified atom stereocenters. The molecule has 0 fully saturated rings. The molecular formula is C34H28N2O6. The molecule has 5 rings (SSSR count). The Bertz CT molecular complexity index is 1510. The number of nitrogens with zero attached hydrogens (tertiary/aromatic N) is 2. The second kappa shape index (κ2) is 12.3. The average Bonchev–Trinajstić information content (AvgIpc) is 3.50. The number of amides is 4. The molecule has 4 amide bonds. The Morgan fingerprint density at radius 3 is 1.31 bits per heavy atom. The van der Waals surface area contributed by atoms with Crippen LogP contribution >= 0.6 is 0 Å². The normalized spacial score (nSPS) is 14.2. The van der Waals surface area contributed by atoms with Crippen LogP contribution in [-0.4, -0.2) is 36.8 Å². The average molecular weight is 561 g/mol. The Labute approximate surface area is 243 Å². The predicted octanol–water partition coefficient (Wildman–Crippen LogP) is 4.86. The largest absolute Gasteiger partial charge is 0.487 e. The van der Waals surface area contributed by atoms with Crippen LogP contribution in [0.15, 0.2) is 110 Å². The van der Waals surface area contributed by atoms with Crippen LogP contribution in [0.3, 0.4) is 0 Å². The Balaban J connectivity index is 1.36. The molecule has 2 heterocycles. The highest BCUT2D eigenvalue weighted by Gasteiger charge is 2.29. The maximum absolute atomic E-state index is 12.3. The summed E-state index contributed by atoms with van der Waals surface area (Å²) in [6.07, 6.45) is 9.35. The zero-order chi connectivity index (χ0) is 29.6. The first-order valence-corrected chi connectivity index (χ1v) is 13.3. The van der Waals surface area contributed by atoms with Crippen LogP contribution in [0.4, 0.5) is 11.4 Å². The third-order valence-corrected chi connectivity index (χ3v) is 6.67. The van der Waals surface area contributed by atoms with Gasteiger partial charge in [-0.25, -0.2) is 9.80 Å². The minimum Gasteiger partial charge on any atom is -0.487 e. The fraction of sp³-hybridized carbons (Fsp3) is 0.118. The van der Waals surface area contributed by atoms with Crippen LogP contribution in [-0.2, 0) is 32.0 Å². The highest BCUT2D eigenvalue weighted by Crippen LogP contribution is 2.34. The summed E-state index contributed by atoms with van der Waals surface area (Å²) in [4.78, 5) is 51.2. The van der Waals surface area contributed by atoms with Crippen LogP contribution in [0, 0.1) is 0 Å². The van der Waals surface area contributed by atoms with Gasteiger partial charge in [0.15, 0.2) is 0 Å². The second-order valence-corrected chi connectivity index (χ2v) is 9.67. The van der Waals surface area contributed by atoms with Crippen LogP contribution in [0.5, 0.6) is 11.5 Å². The van der Waals surface area contributed by atoms with Crippen molar-refractivity contribution >= 4 is 35.0 Å². The number of benzene rings is 3. The number of anilines is 2. The number of rotatable bonds is 12. The number of carbonyl (C=O) groups is 4. The lowest BCUT2D eigenvalue weighted by molar-refractivity contribution is -0.121. The summed E-state index contributed by atoms with van der Waals surface area (Å²) in [6, 6.07) is 19.0. The number of imide groups is 2. The predicted molar refractivity (Wildman–Crippen MR) is 160 cm³/mol. The van der Waals surface area contributed by atoms with E-state index in [9.17, 15) is 19.2 Å². The third-order valence-electron chi connectivity index (χ3n) is 6.67. The van der Waals surface area contributed by atoms with E-state index in [1.54, 1.807) is 24.3 Å². The molecule has 0 N–H and O–H groups in total.